The predicted octanol–water partition coefficient (Wildman–Crippen LogP) is 1.35. The second-order valence-electron chi connectivity index (χ2n) is 7.67. The fourth-order valence-corrected chi connectivity index (χ4v) is 3.48. The molecule has 2 fully saturated rings. The van der Waals surface area contributed by atoms with Gasteiger partial charge in [0.2, 0.25) is 5.91 Å². The van der Waals surface area contributed by atoms with Gasteiger partial charge in [0.25, 0.3) is 5.91 Å². The average molecular weight is 372 g/mol. The Morgan fingerprint density at radius 1 is 1.04 bits per heavy atom. The van der Waals surface area contributed by atoms with Gasteiger partial charge in [0.15, 0.2) is 0 Å². The minimum Gasteiger partial charge on any atom is -0.339 e. The first-order valence-electron chi connectivity index (χ1n) is 9.49. The molecule has 1 aromatic carbocycles. The van der Waals surface area contributed by atoms with Crippen molar-refractivity contribution in [2.75, 3.05) is 46.3 Å². The van der Waals surface area contributed by atoms with Crippen LogP contribution in [0.15, 0.2) is 24.3 Å². The lowest BCUT2D eigenvalue weighted by atomic mass is 10.0. The normalized spacial score (nSPS) is 18.7. The Morgan fingerprint density at radius 2 is 1.67 bits per heavy atom. The molecule has 0 radical (unpaired) electrons. The predicted molar refractivity (Wildman–Crippen MR) is 102 cm³/mol. The number of amides is 4. The summed E-state index contributed by atoms with van der Waals surface area (Å²) in [5, 5.41) is 0. The third-order valence-corrected chi connectivity index (χ3v) is 5.30. The summed E-state index contributed by atoms with van der Waals surface area (Å²) in [4.78, 5) is 42.6. The van der Waals surface area contributed by atoms with Gasteiger partial charge in [-0.15, -0.1) is 0 Å². The van der Waals surface area contributed by atoms with Gasteiger partial charge in [-0.2, -0.15) is 0 Å². The molecule has 2 aliphatic heterocycles. The van der Waals surface area contributed by atoms with Crippen LogP contribution in [0.25, 0.3) is 0 Å². The second-order valence-corrected chi connectivity index (χ2v) is 7.67. The van der Waals surface area contributed by atoms with E-state index in [2.05, 4.69) is 43.0 Å². The van der Waals surface area contributed by atoms with Gasteiger partial charge >= 0.3 is 6.03 Å². The molecule has 27 heavy (non-hydrogen) atoms. The van der Waals surface area contributed by atoms with E-state index in [1.807, 2.05) is 0 Å². The SMILES string of the molecule is CC(C)c1ccc(CN2CCN(C(=O)CN3C(=O)CN(C)C3=O)CC2)cc1. The lowest BCUT2D eigenvalue weighted by Crippen LogP contribution is -2.51. The van der Waals surface area contributed by atoms with E-state index in [1.165, 1.54) is 16.0 Å². The average Bonchev–Trinajstić information content (AvgIpc) is 2.89. The summed E-state index contributed by atoms with van der Waals surface area (Å²) in [5.74, 6) is 0.0648. The van der Waals surface area contributed by atoms with Crippen molar-refractivity contribution >= 4 is 17.8 Å². The molecular formula is C20H28N4O3. The molecule has 0 atom stereocenters. The van der Waals surface area contributed by atoms with Gasteiger partial charge in [0, 0.05) is 39.8 Å². The van der Waals surface area contributed by atoms with E-state index < -0.39 is 6.03 Å². The molecule has 0 bridgehead atoms. The van der Waals surface area contributed by atoms with E-state index in [1.54, 1.807) is 11.9 Å². The lowest BCUT2D eigenvalue weighted by molar-refractivity contribution is -0.137. The van der Waals surface area contributed by atoms with Gasteiger partial charge in [-0.1, -0.05) is 38.1 Å². The fourth-order valence-electron chi connectivity index (χ4n) is 3.48. The molecule has 4 amide bonds. The summed E-state index contributed by atoms with van der Waals surface area (Å²) in [7, 11) is 1.57. The van der Waals surface area contributed by atoms with Crippen molar-refractivity contribution in [2.45, 2.75) is 26.3 Å². The van der Waals surface area contributed by atoms with Crippen molar-refractivity contribution in [2.24, 2.45) is 0 Å². The zero-order valence-electron chi connectivity index (χ0n) is 16.4. The third-order valence-electron chi connectivity index (χ3n) is 5.30. The minimum atomic E-state index is -0.392. The highest BCUT2D eigenvalue weighted by Crippen LogP contribution is 2.16. The Morgan fingerprint density at radius 3 is 2.19 bits per heavy atom. The number of nitrogens with zero attached hydrogens (tertiary/aromatic N) is 4. The largest absolute Gasteiger partial charge is 0.339 e. The first kappa shape index (κ1) is 19.4. The molecule has 7 heteroatoms. The maximum Gasteiger partial charge on any atom is 0.327 e. The number of carbonyl (C=O) groups is 3. The van der Waals surface area contributed by atoms with Gasteiger partial charge in [-0.05, 0) is 17.0 Å². The first-order valence-corrected chi connectivity index (χ1v) is 9.49. The molecule has 0 aliphatic carbocycles. The van der Waals surface area contributed by atoms with E-state index in [4.69, 9.17) is 0 Å². The second kappa shape index (κ2) is 8.08. The highest BCUT2D eigenvalue weighted by atomic mass is 16.2. The molecule has 0 unspecified atom stereocenters. The number of imide groups is 1. The third kappa shape index (κ3) is 4.47. The van der Waals surface area contributed by atoms with E-state index in [9.17, 15) is 14.4 Å². The summed E-state index contributed by atoms with van der Waals surface area (Å²) < 4.78 is 0. The number of urea groups is 1. The van der Waals surface area contributed by atoms with E-state index >= 15 is 0 Å². The van der Waals surface area contributed by atoms with Gasteiger partial charge in [-0.25, -0.2) is 4.79 Å². The summed E-state index contributed by atoms with van der Waals surface area (Å²) in [5.41, 5.74) is 2.61. The molecule has 1 aromatic rings. The summed E-state index contributed by atoms with van der Waals surface area (Å²) in [6, 6.07) is 8.32. The van der Waals surface area contributed by atoms with E-state index in [0.717, 1.165) is 24.5 Å². The molecule has 2 aliphatic rings. The molecule has 2 heterocycles. The summed E-state index contributed by atoms with van der Waals surface area (Å²) >= 11 is 0. The number of carbonyl (C=O) groups excluding carboxylic acids is 3. The number of piperazine rings is 1. The van der Waals surface area contributed by atoms with Crippen LogP contribution in [0.4, 0.5) is 4.79 Å². The van der Waals surface area contributed by atoms with Crippen molar-refractivity contribution in [3.05, 3.63) is 35.4 Å². The van der Waals surface area contributed by atoms with E-state index in [-0.39, 0.29) is 24.9 Å². The van der Waals surface area contributed by atoms with Gasteiger partial charge in [0.05, 0.1) is 0 Å². The maximum absolute atomic E-state index is 12.5. The fraction of sp³-hybridized carbons (Fsp3) is 0.550. The van der Waals surface area contributed by atoms with E-state index in [0.29, 0.717) is 19.0 Å². The zero-order chi connectivity index (χ0) is 19.6. The van der Waals surface area contributed by atoms with Crippen molar-refractivity contribution in [1.29, 1.82) is 0 Å². The number of rotatable bonds is 5. The molecule has 7 nitrogen and oxygen atoms in total. The molecule has 0 N–H and O–H groups in total. The van der Waals surface area contributed by atoms with Crippen LogP contribution in [0.5, 0.6) is 0 Å². The molecule has 2 saturated heterocycles. The quantitative estimate of drug-likeness (QED) is 0.732. The topological polar surface area (TPSA) is 64.2 Å². The van der Waals surface area contributed by atoms with Crippen LogP contribution in [-0.2, 0) is 16.1 Å². The molecule has 3 rings (SSSR count). The number of likely N-dealkylation sites (N-methyl/N-ethyl adjacent to an activating group) is 1. The first-order chi connectivity index (χ1) is 12.8. The minimum absolute atomic E-state index is 0.0511. The van der Waals surface area contributed by atoms with Crippen LogP contribution in [0, 0.1) is 0 Å². The van der Waals surface area contributed by atoms with Crippen LogP contribution in [-0.4, -0.2) is 83.8 Å². The Bertz CT molecular complexity index is 708. The lowest BCUT2D eigenvalue weighted by Gasteiger charge is -2.35. The van der Waals surface area contributed by atoms with Crippen LogP contribution < -0.4 is 0 Å². The standard InChI is InChI=1S/C20H28N4O3/c1-15(2)17-6-4-16(5-7-17)12-22-8-10-23(11-9-22)18(25)14-24-19(26)13-21(3)20(24)27/h4-7,15H,8-14H2,1-3H3. The van der Waals surface area contributed by atoms with Crippen molar-refractivity contribution < 1.29 is 14.4 Å². The van der Waals surface area contributed by atoms with Crippen molar-refractivity contribution in [1.82, 2.24) is 19.6 Å². The van der Waals surface area contributed by atoms with Crippen LogP contribution in [0.3, 0.4) is 0 Å². The summed E-state index contributed by atoms with van der Waals surface area (Å²) in [6.45, 7) is 7.96. The summed E-state index contributed by atoms with van der Waals surface area (Å²) in [6.07, 6.45) is 0. The highest BCUT2D eigenvalue weighted by molar-refractivity contribution is 6.04. The molecular weight excluding hydrogens is 344 g/mol. The number of hydrogen-bond acceptors (Lipinski definition) is 4. The zero-order valence-corrected chi connectivity index (χ0v) is 16.4. The molecule has 0 spiro atoms. The van der Waals surface area contributed by atoms with Crippen LogP contribution in [0.2, 0.25) is 0 Å². The van der Waals surface area contributed by atoms with Crippen molar-refractivity contribution in [3.63, 3.8) is 0 Å². The number of hydrogen-bond donors (Lipinski definition) is 0. The van der Waals surface area contributed by atoms with Gasteiger partial charge in [0.1, 0.15) is 13.1 Å². The van der Waals surface area contributed by atoms with Crippen molar-refractivity contribution in [3.8, 4) is 0 Å². The highest BCUT2D eigenvalue weighted by Gasteiger charge is 2.36. The van der Waals surface area contributed by atoms with Gasteiger partial charge < -0.3 is 9.80 Å². The maximum atomic E-state index is 12.5. The Kier molecular flexibility index (Phi) is 5.79. The smallest absolute Gasteiger partial charge is 0.327 e. The Hall–Kier alpha value is -2.41. The molecule has 0 saturated carbocycles. The van der Waals surface area contributed by atoms with Gasteiger partial charge in [-0.3, -0.25) is 19.4 Å². The molecule has 0 aromatic heterocycles. The monoisotopic (exact) mass is 372 g/mol. The molecule has 146 valence electrons. The van der Waals surface area contributed by atoms with Crippen LogP contribution in [0.1, 0.15) is 30.9 Å². The Labute approximate surface area is 160 Å². The Balaban J connectivity index is 1.47. The number of benzene rings is 1. The van der Waals surface area contributed by atoms with Crippen LogP contribution >= 0.6 is 0 Å².